The van der Waals surface area contributed by atoms with Crippen molar-refractivity contribution < 1.29 is 14.6 Å². The van der Waals surface area contributed by atoms with Gasteiger partial charge in [0.2, 0.25) is 0 Å². The van der Waals surface area contributed by atoms with Gasteiger partial charge in [0, 0.05) is 45.9 Å². The molecular formula is C16H32N2O3. The van der Waals surface area contributed by atoms with Crippen molar-refractivity contribution in [2.24, 2.45) is 5.92 Å². The molecule has 2 aliphatic heterocycles. The van der Waals surface area contributed by atoms with Gasteiger partial charge < -0.3 is 19.5 Å². The topological polar surface area (TPSA) is 45.2 Å². The third kappa shape index (κ3) is 6.61. The second kappa shape index (κ2) is 9.06. The first-order chi connectivity index (χ1) is 10.1. The minimum atomic E-state index is -0.253. The molecule has 2 rings (SSSR count). The van der Waals surface area contributed by atoms with Gasteiger partial charge in [-0.25, -0.2) is 0 Å². The summed E-state index contributed by atoms with van der Waals surface area (Å²) in [6.45, 7) is 12.4. The maximum atomic E-state index is 10.2. The first-order valence-electron chi connectivity index (χ1n) is 8.45. The van der Waals surface area contributed by atoms with Gasteiger partial charge in [-0.3, -0.25) is 4.90 Å². The molecule has 1 atom stereocenters. The van der Waals surface area contributed by atoms with E-state index in [1.165, 1.54) is 0 Å². The Bertz CT molecular complexity index is 275. The summed E-state index contributed by atoms with van der Waals surface area (Å²) in [6, 6.07) is 0. The molecular weight excluding hydrogens is 268 g/mol. The molecule has 124 valence electrons. The summed E-state index contributed by atoms with van der Waals surface area (Å²) in [5, 5.41) is 10.2. The number of nitrogens with zero attached hydrogens (tertiary/aromatic N) is 2. The number of rotatable bonds is 7. The lowest BCUT2D eigenvalue weighted by atomic mass is 10.1. The Labute approximate surface area is 129 Å². The summed E-state index contributed by atoms with van der Waals surface area (Å²) >= 11 is 0. The maximum absolute atomic E-state index is 10.2. The van der Waals surface area contributed by atoms with Gasteiger partial charge >= 0.3 is 0 Å². The zero-order valence-corrected chi connectivity index (χ0v) is 13.7. The van der Waals surface area contributed by atoms with Crippen LogP contribution in [0.1, 0.15) is 26.7 Å². The van der Waals surface area contributed by atoms with Crippen molar-refractivity contribution in [1.82, 2.24) is 9.80 Å². The van der Waals surface area contributed by atoms with Crippen LogP contribution in [0, 0.1) is 5.92 Å². The summed E-state index contributed by atoms with van der Waals surface area (Å²) in [5.74, 6) is 0.610. The Morgan fingerprint density at radius 2 is 1.62 bits per heavy atom. The number of likely N-dealkylation sites (tertiary alicyclic amines) is 1. The Balaban J connectivity index is 1.59. The van der Waals surface area contributed by atoms with Crippen LogP contribution in [-0.4, -0.2) is 86.2 Å². The number of morpholine rings is 1. The largest absolute Gasteiger partial charge is 0.390 e. The number of ether oxygens (including phenoxy) is 2. The summed E-state index contributed by atoms with van der Waals surface area (Å²) in [4.78, 5) is 4.67. The lowest BCUT2D eigenvalue weighted by Gasteiger charge is -2.35. The first kappa shape index (κ1) is 17.2. The molecule has 2 aliphatic rings. The molecule has 0 aromatic rings. The highest BCUT2D eigenvalue weighted by Crippen LogP contribution is 2.15. The average molecular weight is 300 g/mol. The second-order valence-corrected chi connectivity index (χ2v) is 6.79. The van der Waals surface area contributed by atoms with Crippen LogP contribution in [0.2, 0.25) is 0 Å². The highest BCUT2D eigenvalue weighted by molar-refractivity contribution is 4.77. The van der Waals surface area contributed by atoms with Gasteiger partial charge in [-0.15, -0.1) is 0 Å². The van der Waals surface area contributed by atoms with Crippen LogP contribution in [-0.2, 0) is 9.47 Å². The molecule has 0 aromatic carbocycles. The van der Waals surface area contributed by atoms with Crippen molar-refractivity contribution in [3.05, 3.63) is 0 Å². The molecule has 0 aromatic heterocycles. The molecule has 0 amide bonds. The monoisotopic (exact) mass is 300 g/mol. The third-order valence-corrected chi connectivity index (χ3v) is 4.24. The van der Waals surface area contributed by atoms with E-state index in [2.05, 4.69) is 23.6 Å². The van der Waals surface area contributed by atoms with E-state index in [0.29, 0.717) is 12.0 Å². The molecule has 1 unspecified atom stereocenters. The average Bonchev–Trinajstić information content (AvgIpc) is 2.47. The van der Waals surface area contributed by atoms with Crippen LogP contribution < -0.4 is 0 Å². The van der Waals surface area contributed by atoms with Gasteiger partial charge in [-0.05, 0) is 18.8 Å². The number of piperidine rings is 1. The zero-order chi connectivity index (χ0) is 15.1. The van der Waals surface area contributed by atoms with Gasteiger partial charge in [0.05, 0.1) is 25.4 Å². The van der Waals surface area contributed by atoms with E-state index in [1.54, 1.807) is 0 Å². The van der Waals surface area contributed by atoms with E-state index in [9.17, 15) is 5.11 Å². The first-order valence-corrected chi connectivity index (χ1v) is 8.45. The lowest BCUT2D eigenvalue weighted by molar-refractivity contribution is -0.0211. The summed E-state index contributed by atoms with van der Waals surface area (Å²) in [5.41, 5.74) is 0. The van der Waals surface area contributed by atoms with Crippen LogP contribution >= 0.6 is 0 Å². The van der Waals surface area contributed by atoms with Gasteiger partial charge in [-0.2, -0.15) is 0 Å². The third-order valence-electron chi connectivity index (χ3n) is 4.24. The standard InChI is InChI=1S/C16H32N2O3/c1-14(2)13-21-16-3-5-17(6-4-16)11-15(19)12-18-7-9-20-10-8-18/h14-16,19H,3-13H2,1-2H3. The van der Waals surface area contributed by atoms with Crippen molar-refractivity contribution in [3.63, 3.8) is 0 Å². The Hall–Kier alpha value is -0.200. The van der Waals surface area contributed by atoms with E-state index in [0.717, 1.165) is 71.9 Å². The van der Waals surface area contributed by atoms with Crippen LogP contribution in [0.3, 0.4) is 0 Å². The molecule has 5 nitrogen and oxygen atoms in total. The van der Waals surface area contributed by atoms with E-state index < -0.39 is 0 Å². The van der Waals surface area contributed by atoms with Gasteiger partial charge in [0.1, 0.15) is 0 Å². The number of hydrogen-bond donors (Lipinski definition) is 1. The number of β-amino-alcohol motifs (C(OH)–C–C–N with tert-alkyl or cyclic N) is 1. The molecule has 2 fully saturated rings. The quantitative estimate of drug-likeness (QED) is 0.754. The second-order valence-electron chi connectivity index (χ2n) is 6.79. The normalized spacial score (nSPS) is 24.6. The minimum absolute atomic E-state index is 0.253. The predicted octanol–water partition coefficient (Wildman–Crippen LogP) is 0.817. The predicted molar refractivity (Wildman–Crippen MR) is 83.5 cm³/mol. The molecule has 1 N–H and O–H groups in total. The van der Waals surface area contributed by atoms with Crippen LogP contribution in [0.5, 0.6) is 0 Å². The van der Waals surface area contributed by atoms with E-state index in [1.807, 2.05) is 0 Å². The highest BCUT2D eigenvalue weighted by atomic mass is 16.5. The van der Waals surface area contributed by atoms with Crippen LogP contribution in [0.4, 0.5) is 0 Å². The maximum Gasteiger partial charge on any atom is 0.0793 e. The fourth-order valence-corrected chi connectivity index (χ4v) is 3.02. The summed E-state index contributed by atoms with van der Waals surface area (Å²) < 4.78 is 11.2. The number of aliphatic hydroxyl groups is 1. The van der Waals surface area contributed by atoms with Crippen molar-refractivity contribution in [3.8, 4) is 0 Å². The Morgan fingerprint density at radius 1 is 1.05 bits per heavy atom. The molecule has 2 heterocycles. The molecule has 0 aliphatic carbocycles. The van der Waals surface area contributed by atoms with Crippen molar-refractivity contribution >= 4 is 0 Å². The summed E-state index contributed by atoms with van der Waals surface area (Å²) in [6.07, 6.45) is 2.35. The van der Waals surface area contributed by atoms with E-state index >= 15 is 0 Å². The van der Waals surface area contributed by atoms with Crippen LogP contribution in [0.25, 0.3) is 0 Å². The summed E-state index contributed by atoms with van der Waals surface area (Å²) in [7, 11) is 0. The Kier molecular flexibility index (Phi) is 7.40. The lowest BCUT2D eigenvalue weighted by Crippen LogP contribution is -2.46. The van der Waals surface area contributed by atoms with Crippen molar-refractivity contribution in [1.29, 1.82) is 0 Å². The highest BCUT2D eigenvalue weighted by Gasteiger charge is 2.23. The smallest absolute Gasteiger partial charge is 0.0793 e. The van der Waals surface area contributed by atoms with Crippen LogP contribution in [0.15, 0.2) is 0 Å². The van der Waals surface area contributed by atoms with Crippen molar-refractivity contribution in [2.75, 3.05) is 59.1 Å². The fourth-order valence-electron chi connectivity index (χ4n) is 3.02. The molecule has 2 saturated heterocycles. The molecule has 0 bridgehead atoms. The van der Waals surface area contributed by atoms with Gasteiger partial charge in [0.15, 0.2) is 0 Å². The molecule has 0 saturated carbocycles. The van der Waals surface area contributed by atoms with Crippen molar-refractivity contribution in [2.45, 2.75) is 38.9 Å². The van der Waals surface area contributed by atoms with Gasteiger partial charge in [-0.1, -0.05) is 13.8 Å². The van der Waals surface area contributed by atoms with Gasteiger partial charge in [0.25, 0.3) is 0 Å². The Morgan fingerprint density at radius 3 is 2.19 bits per heavy atom. The molecule has 21 heavy (non-hydrogen) atoms. The zero-order valence-electron chi connectivity index (χ0n) is 13.7. The minimum Gasteiger partial charge on any atom is -0.390 e. The number of hydrogen-bond acceptors (Lipinski definition) is 5. The fraction of sp³-hybridized carbons (Fsp3) is 1.00. The molecule has 0 spiro atoms. The molecule has 0 radical (unpaired) electrons. The SMILES string of the molecule is CC(C)COC1CCN(CC(O)CN2CCOCC2)CC1. The number of aliphatic hydroxyl groups excluding tert-OH is 1. The van der Waals surface area contributed by atoms with E-state index in [4.69, 9.17) is 9.47 Å². The van der Waals surface area contributed by atoms with E-state index in [-0.39, 0.29) is 6.10 Å². The molecule has 5 heteroatoms.